The lowest BCUT2D eigenvalue weighted by molar-refractivity contribution is -0.00174. The third-order valence-corrected chi connectivity index (χ3v) is 4.68. The molecule has 0 aliphatic carbocycles. The Morgan fingerprint density at radius 1 is 1.22 bits per heavy atom. The van der Waals surface area contributed by atoms with Crippen LogP contribution in [0.3, 0.4) is 0 Å². The Hall–Kier alpha value is -3.06. The summed E-state index contributed by atoms with van der Waals surface area (Å²) in [4.78, 5) is 12.6. The number of hydrogen-bond acceptors (Lipinski definition) is 4. The molecule has 1 aromatic heterocycles. The molecule has 1 amide bonds. The maximum absolute atomic E-state index is 13.1. The van der Waals surface area contributed by atoms with Gasteiger partial charge in [-0.25, -0.2) is 9.07 Å². The Morgan fingerprint density at radius 3 is 2.74 bits per heavy atom. The maximum Gasteiger partial charge on any atom is 0.278 e. The Bertz CT molecular complexity index is 998. The first-order valence-electron chi connectivity index (χ1n) is 8.69. The minimum Gasteiger partial charge on any atom is -0.365 e. The van der Waals surface area contributed by atoms with Crippen molar-refractivity contribution in [2.45, 2.75) is 33.1 Å². The molecule has 1 aliphatic rings. The quantitative estimate of drug-likeness (QED) is 0.770. The number of nitrogens with one attached hydrogen (secondary N) is 1. The van der Waals surface area contributed by atoms with Crippen molar-refractivity contribution in [3.8, 4) is 0 Å². The summed E-state index contributed by atoms with van der Waals surface area (Å²) in [7, 11) is 0. The number of amides is 1. The Morgan fingerprint density at radius 2 is 2.00 bits per heavy atom. The van der Waals surface area contributed by atoms with E-state index in [4.69, 9.17) is 4.74 Å². The largest absolute Gasteiger partial charge is 0.365 e. The van der Waals surface area contributed by atoms with Crippen molar-refractivity contribution in [2.24, 2.45) is 0 Å². The smallest absolute Gasteiger partial charge is 0.278 e. The van der Waals surface area contributed by atoms with Gasteiger partial charge in [-0.15, -0.1) is 5.10 Å². The van der Waals surface area contributed by atoms with Crippen LogP contribution in [0.25, 0.3) is 0 Å². The lowest BCUT2D eigenvalue weighted by atomic mass is 10.1. The average molecular weight is 366 g/mol. The van der Waals surface area contributed by atoms with Crippen molar-refractivity contribution in [3.63, 3.8) is 0 Å². The van der Waals surface area contributed by atoms with Gasteiger partial charge in [0.15, 0.2) is 5.69 Å². The second-order valence-electron chi connectivity index (χ2n) is 6.69. The monoisotopic (exact) mass is 366 g/mol. The molecular formula is C20H19FN4O2. The van der Waals surface area contributed by atoms with Gasteiger partial charge in [-0.1, -0.05) is 35.0 Å². The molecule has 2 aromatic carbocycles. The summed E-state index contributed by atoms with van der Waals surface area (Å²) in [5.41, 5.74) is 4.61. The Labute approximate surface area is 156 Å². The van der Waals surface area contributed by atoms with Crippen molar-refractivity contribution in [1.82, 2.24) is 15.0 Å². The first kappa shape index (κ1) is 17.4. The van der Waals surface area contributed by atoms with Gasteiger partial charge in [0.25, 0.3) is 5.91 Å². The van der Waals surface area contributed by atoms with Crippen molar-refractivity contribution < 1.29 is 13.9 Å². The summed E-state index contributed by atoms with van der Waals surface area (Å²) in [6.45, 7) is 4.58. The molecular weight excluding hydrogens is 347 g/mol. The molecule has 7 heteroatoms. The summed E-state index contributed by atoms with van der Waals surface area (Å²) >= 11 is 0. The molecule has 1 aliphatic heterocycles. The van der Waals surface area contributed by atoms with Gasteiger partial charge in [-0.05, 0) is 43.2 Å². The zero-order valence-electron chi connectivity index (χ0n) is 15.1. The molecule has 27 heavy (non-hydrogen) atoms. The van der Waals surface area contributed by atoms with Crippen LogP contribution in [-0.2, 0) is 17.9 Å². The van der Waals surface area contributed by atoms with E-state index in [0.717, 1.165) is 22.4 Å². The second kappa shape index (κ2) is 6.92. The van der Waals surface area contributed by atoms with Crippen LogP contribution in [0.2, 0.25) is 0 Å². The van der Waals surface area contributed by atoms with Crippen LogP contribution < -0.4 is 5.32 Å². The van der Waals surface area contributed by atoms with Crippen LogP contribution in [0, 0.1) is 19.7 Å². The molecule has 0 saturated carbocycles. The Balaban J connectivity index is 1.52. The van der Waals surface area contributed by atoms with Crippen LogP contribution >= 0.6 is 0 Å². The summed E-state index contributed by atoms with van der Waals surface area (Å²) in [6, 6.07) is 12.0. The number of carbonyl (C=O) groups is 1. The van der Waals surface area contributed by atoms with Gasteiger partial charge in [0, 0.05) is 5.69 Å². The lowest BCUT2D eigenvalue weighted by Gasteiger charge is -2.24. The number of ether oxygens (including phenoxy) is 1. The van der Waals surface area contributed by atoms with Crippen LogP contribution in [-0.4, -0.2) is 20.9 Å². The van der Waals surface area contributed by atoms with E-state index in [0.29, 0.717) is 12.2 Å². The minimum atomic E-state index is -0.313. The van der Waals surface area contributed by atoms with Crippen LogP contribution in [0.4, 0.5) is 10.1 Å². The van der Waals surface area contributed by atoms with E-state index in [1.807, 2.05) is 32.0 Å². The normalized spacial score (nSPS) is 16.0. The second-order valence-corrected chi connectivity index (χ2v) is 6.69. The van der Waals surface area contributed by atoms with Gasteiger partial charge in [-0.3, -0.25) is 4.79 Å². The predicted molar refractivity (Wildman–Crippen MR) is 97.8 cm³/mol. The number of nitrogens with zero attached hydrogens (tertiary/aromatic N) is 3. The van der Waals surface area contributed by atoms with E-state index < -0.39 is 0 Å². The van der Waals surface area contributed by atoms with E-state index in [-0.39, 0.29) is 30.1 Å². The van der Waals surface area contributed by atoms with E-state index in [1.165, 1.54) is 12.1 Å². The number of aryl methyl sites for hydroxylation is 2. The molecule has 1 atom stereocenters. The van der Waals surface area contributed by atoms with Crippen LogP contribution in [0.5, 0.6) is 0 Å². The maximum atomic E-state index is 13.1. The molecule has 1 N–H and O–H groups in total. The third kappa shape index (κ3) is 3.46. The zero-order chi connectivity index (χ0) is 19.0. The molecule has 0 bridgehead atoms. The first-order valence-corrected chi connectivity index (χ1v) is 8.69. The number of hydrogen-bond donors (Lipinski definition) is 1. The van der Waals surface area contributed by atoms with Gasteiger partial charge < -0.3 is 10.1 Å². The van der Waals surface area contributed by atoms with Crippen molar-refractivity contribution in [1.29, 1.82) is 0 Å². The molecule has 4 rings (SSSR count). The fourth-order valence-corrected chi connectivity index (χ4v) is 3.20. The lowest BCUT2D eigenvalue weighted by Crippen LogP contribution is -2.24. The topological polar surface area (TPSA) is 69.0 Å². The summed E-state index contributed by atoms with van der Waals surface area (Å²) in [5, 5.41) is 11.0. The van der Waals surface area contributed by atoms with E-state index in [1.54, 1.807) is 16.8 Å². The summed E-state index contributed by atoms with van der Waals surface area (Å²) in [5.74, 6) is -0.603. The van der Waals surface area contributed by atoms with Crippen LogP contribution in [0.15, 0.2) is 42.5 Å². The minimum absolute atomic E-state index is 0.213. The Kier molecular flexibility index (Phi) is 4.45. The highest BCUT2D eigenvalue weighted by molar-refractivity contribution is 6.04. The molecule has 6 nitrogen and oxygen atoms in total. The van der Waals surface area contributed by atoms with Crippen molar-refractivity contribution in [3.05, 3.63) is 76.4 Å². The first-order chi connectivity index (χ1) is 13.0. The molecule has 0 spiro atoms. The summed E-state index contributed by atoms with van der Waals surface area (Å²) < 4.78 is 20.6. The highest BCUT2D eigenvalue weighted by Crippen LogP contribution is 2.27. The standard InChI is InChI=1S/C20H19FN4O2/c1-12-3-8-16(13(2)9-12)22-20(26)19-17-11-27-18(10-25(17)24-23-19)14-4-6-15(21)7-5-14/h3-9,18H,10-11H2,1-2H3,(H,22,26)/t18-/m0/s1. The molecule has 0 saturated heterocycles. The van der Waals surface area contributed by atoms with Gasteiger partial charge in [0.05, 0.1) is 18.8 Å². The number of rotatable bonds is 3. The number of anilines is 1. The summed E-state index contributed by atoms with van der Waals surface area (Å²) in [6.07, 6.45) is -0.255. The average Bonchev–Trinajstić information content (AvgIpc) is 3.08. The molecule has 0 radical (unpaired) electrons. The number of aromatic nitrogens is 3. The van der Waals surface area contributed by atoms with E-state index in [2.05, 4.69) is 15.6 Å². The highest BCUT2D eigenvalue weighted by Gasteiger charge is 2.28. The van der Waals surface area contributed by atoms with E-state index in [9.17, 15) is 9.18 Å². The molecule has 0 unspecified atom stereocenters. The van der Waals surface area contributed by atoms with E-state index >= 15 is 0 Å². The number of halogens is 1. The number of benzene rings is 2. The van der Waals surface area contributed by atoms with Gasteiger partial charge in [0.2, 0.25) is 0 Å². The molecule has 0 fully saturated rings. The number of fused-ring (bicyclic) bond motifs is 1. The molecule has 3 aromatic rings. The fourth-order valence-electron chi connectivity index (χ4n) is 3.20. The predicted octanol–water partition coefficient (Wildman–Crippen LogP) is 3.56. The fraction of sp³-hybridized carbons (Fsp3) is 0.250. The molecule has 138 valence electrons. The SMILES string of the molecule is Cc1ccc(NC(=O)c2nnn3c2CO[C@H](c2ccc(F)cc2)C3)c(C)c1. The third-order valence-electron chi connectivity index (χ3n) is 4.68. The van der Waals surface area contributed by atoms with Crippen molar-refractivity contribution >= 4 is 11.6 Å². The van der Waals surface area contributed by atoms with Gasteiger partial charge in [-0.2, -0.15) is 0 Å². The zero-order valence-corrected chi connectivity index (χ0v) is 15.1. The van der Waals surface area contributed by atoms with Gasteiger partial charge >= 0.3 is 0 Å². The van der Waals surface area contributed by atoms with Crippen molar-refractivity contribution in [2.75, 3.05) is 5.32 Å². The molecule has 2 heterocycles. The number of carbonyl (C=O) groups excluding carboxylic acids is 1. The van der Waals surface area contributed by atoms with Crippen LogP contribution in [0.1, 0.15) is 39.0 Å². The highest BCUT2D eigenvalue weighted by atomic mass is 19.1. The van der Waals surface area contributed by atoms with Gasteiger partial charge in [0.1, 0.15) is 11.9 Å².